The van der Waals surface area contributed by atoms with Gasteiger partial charge >= 0.3 is 0 Å². The summed E-state index contributed by atoms with van der Waals surface area (Å²) in [5.74, 6) is 1.20. The van der Waals surface area contributed by atoms with Crippen molar-refractivity contribution in [3.63, 3.8) is 0 Å². The fourth-order valence-electron chi connectivity index (χ4n) is 3.37. The number of thioether (sulfide) groups is 1. The zero-order valence-electron chi connectivity index (χ0n) is 16.8. The van der Waals surface area contributed by atoms with E-state index in [1.54, 1.807) is 11.8 Å². The van der Waals surface area contributed by atoms with Gasteiger partial charge in [0.05, 0.1) is 18.6 Å². The number of carbonyl (C=O) groups is 1. The third-order valence-corrected chi connectivity index (χ3v) is 5.96. The van der Waals surface area contributed by atoms with Crippen molar-refractivity contribution in [2.75, 3.05) is 39.0 Å². The number of aromatic nitrogens is 4. The molecule has 1 aliphatic rings. The van der Waals surface area contributed by atoms with Gasteiger partial charge in [-0.3, -0.25) is 9.69 Å². The zero-order chi connectivity index (χ0) is 20.8. The minimum atomic E-state index is 0.114. The van der Waals surface area contributed by atoms with Gasteiger partial charge in [-0.05, 0) is 40.3 Å². The Morgan fingerprint density at radius 2 is 1.77 bits per heavy atom. The molecule has 9 heteroatoms. The van der Waals surface area contributed by atoms with Crippen molar-refractivity contribution in [3.8, 4) is 11.4 Å². The summed E-state index contributed by atoms with van der Waals surface area (Å²) in [6, 6.07) is 17.9. The number of carbonyl (C=O) groups excluding carboxylic acids is 1. The number of rotatable bonds is 7. The van der Waals surface area contributed by atoms with Crippen LogP contribution in [0.3, 0.4) is 0 Å². The molecule has 156 valence electrons. The SMILES string of the molecule is COc1ccc(-n2nnnc2SCC(=O)N2CCN(Cc3ccccc3)CC2)cc1. The van der Waals surface area contributed by atoms with Gasteiger partial charge in [0, 0.05) is 32.7 Å². The molecule has 1 amide bonds. The molecule has 0 N–H and O–H groups in total. The Bertz CT molecular complexity index is 955. The highest BCUT2D eigenvalue weighted by atomic mass is 32.2. The first-order valence-corrected chi connectivity index (χ1v) is 10.8. The zero-order valence-corrected chi connectivity index (χ0v) is 17.7. The van der Waals surface area contributed by atoms with Gasteiger partial charge in [0.1, 0.15) is 5.75 Å². The highest BCUT2D eigenvalue weighted by molar-refractivity contribution is 7.99. The Morgan fingerprint density at radius 1 is 1.03 bits per heavy atom. The average Bonchev–Trinajstić information content (AvgIpc) is 3.27. The van der Waals surface area contributed by atoms with Crippen molar-refractivity contribution in [3.05, 3.63) is 60.2 Å². The first-order chi connectivity index (χ1) is 14.7. The molecule has 2 aromatic carbocycles. The second-order valence-corrected chi connectivity index (χ2v) is 7.94. The van der Waals surface area contributed by atoms with E-state index in [1.165, 1.54) is 17.3 Å². The average molecular weight is 425 g/mol. The third-order valence-electron chi connectivity index (χ3n) is 5.06. The lowest BCUT2D eigenvalue weighted by Gasteiger charge is -2.34. The number of hydrogen-bond donors (Lipinski definition) is 0. The summed E-state index contributed by atoms with van der Waals surface area (Å²) < 4.78 is 6.82. The molecule has 30 heavy (non-hydrogen) atoms. The number of tetrazole rings is 1. The van der Waals surface area contributed by atoms with Crippen molar-refractivity contribution >= 4 is 17.7 Å². The topological polar surface area (TPSA) is 76.4 Å². The first-order valence-electron chi connectivity index (χ1n) is 9.82. The smallest absolute Gasteiger partial charge is 0.233 e. The van der Waals surface area contributed by atoms with Gasteiger partial charge in [0.15, 0.2) is 0 Å². The standard InChI is InChI=1S/C21H24N6O2S/c1-29-19-9-7-18(8-10-19)27-21(22-23-24-27)30-16-20(28)26-13-11-25(12-14-26)15-17-5-3-2-4-6-17/h2-10H,11-16H2,1H3. The molecule has 0 bridgehead atoms. The maximum Gasteiger partial charge on any atom is 0.233 e. The van der Waals surface area contributed by atoms with Crippen molar-refractivity contribution in [1.29, 1.82) is 0 Å². The van der Waals surface area contributed by atoms with Gasteiger partial charge in [-0.2, -0.15) is 4.68 Å². The quantitative estimate of drug-likeness (QED) is 0.538. The molecule has 1 aromatic heterocycles. The second-order valence-electron chi connectivity index (χ2n) is 7.00. The van der Waals surface area contributed by atoms with Crippen LogP contribution < -0.4 is 4.74 Å². The molecule has 1 saturated heterocycles. The summed E-state index contributed by atoms with van der Waals surface area (Å²) in [6.45, 7) is 4.18. The second kappa shape index (κ2) is 9.73. The Balaban J connectivity index is 1.28. The van der Waals surface area contributed by atoms with Crippen molar-refractivity contribution in [1.82, 2.24) is 30.0 Å². The van der Waals surface area contributed by atoms with Gasteiger partial charge in [-0.25, -0.2) is 0 Å². The maximum atomic E-state index is 12.7. The number of nitrogens with zero attached hydrogens (tertiary/aromatic N) is 6. The van der Waals surface area contributed by atoms with Crippen LogP contribution in [0.25, 0.3) is 5.69 Å². The summed E-state index contributed by atoms with van der Waals surface area (Å²) >= 11 is 1.35. The fourth-order valence-corrected chi connectivity index (χ4v) is 4.16. The summed E-state index contributed by atoms with van der Waals surface area (Å²) in [7, 11) is 1.63. The molecule has 1 aliphatic heterocycles. The van der Waals surface area contributed by atoms with Crippen LogP contribution >= 0.6 is 11.8 Å². The first kappa shape index (κ1) is 20.4. The fraction of sp³-hybridized carbons (Fsp3) is 0.333. The molecule has 4 rings (SSSR count). The van der Waals surface area contributed by atoms with Crippen molar-refractivity contribution in [2.24, 2.45) is 0 Å². The minimum Gasteiger partial charge on any atom is -0.497 e. The monoisotopic (exact) mass is 424 g/mol. The lowest BCUT2D eigenvalue weighted by Crippen LogP contribution is -2.48. The van der Waals surface area contributed by atoms with E-state index in [2.05, 4.69) is 44.7 Å². The van der Waals surface area contributed by atoms with E-state index in [4.69, 9.17) is 4.74 Å². The van der Waals surface area contributed by atoms with E-state index in [-0.39, 0.29) is 5.91 Å². The van der Waals surface area contributed by atoms with Gasteiger partial charge < -0.3 is 9.64 Å². The van der Waals surface area contributed by atoms with Crippen molar-refractivity contribution < 1.29 is 9.53 Å². The van der Waals surface area contributed by atoms with E-state index in [0.29, 0.717) is 10.9 Å². The molecule has 0 spiro atoms. The van der Waals surface area contributed by atoms with Crippen LogP contribution in [0.4, 0.5) is 0 Å². The number of hydrogen-bond acceptors (Lipinski definition) is 7. The number of methoxy groups -OCH3 is 1. The molecule has 2 heterocycles. The van der Waals surface area contributed by atoms with Crippen LogP contribution in [0.5, 0.6) is 5.75 Å². The van der Waals surface area contributed by atoms with Crippen LogP contribution in [-0.2, 0) is 11.3 Å². The summed E-state index contributed by atoms with van der Waals surface area (Å²) in [4.78, 5) is 17.0. The predicted octanol–water partition coefficient (Wildman–Crippen LogP) is 2.11. The number of benzene rings is 2. The highest BCUT2D eigenvalue weighted by Gasteiger charge is 2.22. The van der Waals surface area contributed by atoms with Gasteiger partial charge in [-0.15, -0.1) is 5.10 Å². The lowest BCUT2D eigenvalue weighted by atomic mass is 10.2. The Hall–Kier alpha value is -2.91. The molecular formula is C21H24N6O2S. The van der Waals surface area contributed by atoms with Crippen molar-refractivity contribution in [2.45, 2.75) is 11.7 Å². The summed E-state index contributed by atoms with van der Waals surface area (Å²) in [5.41, 5.74) is 2.13. The molecule has 0 radical (unpaired) electrons. The number of ether oxygens (including phenoxy) is 1. The van der Waals surface area contributed by atoms with Crippen LogP contribution in [-0.4, -0.2) is 75.0 Å². The molecule has 1 fully saturated rings. The minimum absolute atomic E-state index is 0.114. The van der Waals surface area contributed by atoms with Gasteiger partial charge in [0.2, 0.25) is 11.1 Å². The molecule has 0 unspecified atom stereocenters. The van der Waals surface area contributed by atoms with E-state index in [9.17, 15) is 4.79 Å². The largest absolute Gasteiger partial charge is 0.497 e. The van der Waals surface area contributed by atoms with Crippen LogP contribution in [0, 0.1) is 0 Å². The van der Waals surface area contributed by atoms with E-state index in [1.807, 2.05) is 35.2 Å². The third kappa shape index (κ3) is 4.98. The normalized spacial score (nSPS) is 14.6. The van der Waals surface area contributed by atoms with Gasteiger partial charge in [0.25, 0.3) is 0 Å². The summed E-state index contributed by atoms with van der Waals surface area (Å²) in [6.07, 6.45) is 0. The molecule has 0 atom stereocenters. The van der Waals surface area contributed by atoms with Crippen LogP contribution in [0.1, 0.15) is 5.56 Å². The Labute approximate surface area is 179 Å². The lowest BCUT2D eigenvalue weighted by molar-refractivity contribution is -0.130. The molecule has 0 saturated carbocycles. The Kier molecular flexibility index (Phi) is 6.60. The van der Waals surface area contributed by atoms with E-state index >= 15 is 0 Å². The Morgan fingerprint density at radius 3 is 2.47 bits per heavy atom. The maximum absolute atomic E-state index is 12.7. The number of amides is 1. The molecule has 8 nitrogen and oxygen atoms in total. The van der Waals surface area contributed by atoms with E-state index < -0.39 is 0 Å². The predicted molar refractivity (Wildman–Crippen MR) is 115 cm³/mol. The summed E-state index contributed by atoms with van der Waals surface area (Å²) in [5, 5.41) is 12.5. The van der Waals surface area contributed by atoms with Crippen LogP contribution in [0.2, 0.25) is 0 Å². The van der Waals surface area contributed by atoms with Crippen LogP contribution in [0.15, 0.2) is 59.8 Å². The molecular weight excluding hydrogens is 400 g/mol. The molecule has 0 aliphatic carbocycles. The number of piperazine rings is 1. The van der Waals surface area contributed by atoms with Gasteiger partial charge in [-0.1, -0.05) is 42.1 Å². The van der Waals surface area contributed by atoms with E-state index in [0.717, 1.165) is 44.2 Å². The highest BCUT2D eigenvalue weighted by Crippen LogP contribution is 2.21. The molecule has 3 aromatic rings.